The van der Waals surface area contributed by atoms with E-state index in [1.54, 1.807) is 12.1 Å². The third-order valence-corrected chi connectivity index (χ3v) is 3.00. The van der Waals surface area contributed by atoms with Crippen molar-refractivity contribution >= 4 is 33.8 Å². The van der Waals surface area contributed by atoms with Gasteiger partial charge in [-0.1, -0.05) is 0 Å². The Hall–Kier alpha value is -2.62. The van der Waals surface area contributed by atoms with Crippen molar-refractivity contribution in [1.82, 2.24) is 10.3 Å². The van der Waals surface area contributed by atoms with Crippen molar-refractivity contribution in [3.05, 3.63) is 27.9 Å². The summed E-state index contributed by atoms with van der Waals surface area (Å²) in [5.74, 6) is 0.294. The van der Waals surface area contributed by atoms with Crippen molar-refractivity contribution in [2.24, 2.45) is 15.9 Å². The van der Waals surface area contributed by atoms with Crippen LogP contribution in [0.15, 0.2) is 31.4 Å². The van der Waals surface area contributed by atoms with Gasteiger partial charge >= 0.3 is 0 Å². The maximum absolute atomic E-state index is 9.69. The van der Waals surface area contributed by atoms with E-state index in [1.807, 2.05) is 0 Å². The van der Waals surface area contributed by atoms with Crippen LogP contribution in [0.25, 0.3) is 0 Å². The fourth-order valence-corrected chi connectivity index (χ4v) is 1.86. The highest BCUT2D eigenvalue weighted by Gasteiger charge is 2.10. The van der Waals surface area contributed by atoms with Crippen LogP contribution in [0, 0.1) is 0 Å². The lowest BCUT2D eigenvalue weighted by molar-refractivity contribution is 0.308. The number of hydrogen-bond donors (Lipinski definition) is 3. The van der Waals surface area contributed by atoms with Gasteiger partial charge < -0.3 is 21.3 Å². The molecule has 0 aliphatic rings. The number of anilines is 1. The molecule has 5 N–H and O–H groups in total. The van der Waals surface area contributed by atoms with E-state index in [-0.39, 0.29) is 23.1 Å². The topological polar surface area (TPSA) is 145 Å². The summed E-state index contributed by atoms with van der Waals surface area (Å²) >= 11 is 3.20. The second-order valence-corrected chi connectivity index (χ2v) is 4.64. The van der Waals surface area contributed by atoms with E-state index in [0.717, 1.165) is 0 Å². The van der Waals surface area contributed by atoms with Crippen LogP contribution in [-0.2, 0) is 0 Å². The van der Waals surface area contributed by atoms with Crippen LogP contribution in [0.1, 0.15) is 11.3 Å². The zero-order valence-electron chi connectivity index (χ0n) is 10.8. The molecule has 0 bridgehead atoms. The van der Waals surface area contributed by atoms with Gasteiger partial charge in [-0.3, -0.25) is 0 Å². The van der Waals surface area contributed by atoms with Crippen LogP contribution in [0.2, 0.25) is 0 Å². The number of nitrogens with two attached hydrogens (primary N) is 2. The first-order chi connectivity index (χ1) is 10.0. The number of hydrogen-bond acceptors (Lipinski definition) is 8. The SMILES string of the molecule is COc1cc(/C=N\N=C(\N)c2nonc2N)cc(Br)c1O. The van der Waals surface area contributed by atoms with Crippen molar-refractivity contribution in [1.29, 1.82) is 0 Å². The molecule has 0 spiro atoms. The predicted octanol–water partition coefficient (Wildman–Crippen LogP) is 0.868. The highest BCUT2D eigenvalue weighted by Crippen LogP contribution is 2.34. The second-order valence-electron chi connectivity index (χ2n) is 3.78. The first-order valence-corrected chi connectivity index (χ1v) is 6.33. The van der Waals surface area contributed by atoms with Gasteiger partial charge in [0.2, 0.25) is 0 Å². The molecule has 2 aromatic rings. The quantitative estimate of drug-likeness (QED) is 0.419. The summed E-state index contributed by atoms with van der Waals surface area (Å²) in [6.45, 7) is 0. The number of phenols is 1. The highest BCUT2D eigenvalue weighted by molar-refractivity contribution is 9.10. The highest BCUT2D eigenvalue weighted by atomic mass is 79.9. The zero-order valence-corrected chi connectivity index (χ0v) is 12.4. The lowest BCUT2D eigenvalue weighted by atomic mass is 10.2. The number of phenolic OH excluding ortho intramolecular Hbond substituents is 1. The van der Waals surface area contributed by atoms with E-state index in [0.29, 0.717) is 15.8 Å². The molecule has 2 rings (SSSR count). The molecule has 0 saturated carbocycles. The van der Waals surface area contributed by atoms with E-state index < -0.39 is 0 Å². The lowest BCUT2D eigenvalue weighted by Crippen LogP contribution is -2.15. The molecule has 1 aromatic carbocycles. The molecule has 0 aliphatic carbocycles. The number of halogens is 1. The van der Waals surface area contributed by atoms with Crippen LogP contribution in [0.4, 0.5) is 5.82 Å². The zero-order chi connectivity index (χ0) is 15.4. The summed E-state index contributed by atoms with van der Waals surface area (Å²) in [5, 5.41) is 24.1. The number of nitrogen functional groups attached to an aromatic ring is 1. The molecule has 21 heavy (non-hydrogen) atoms. The monoisotopic (exact) mass is 354 g/mol. The summed E-state index contributed by atoms with van der Waals surface area (Å²) < 4.78 is 9.88. The molecule has 0 fully saturated rings. The Kier molecular flexibility index (Phi) is 4.38. The molecule has 0 amide bonds. The van der Waals surface area contributed by atoms with Crippen molar-refractivity contribution < 1.29 is 14.5 Å². The van der Waals surface area contributed by atoms with Gasteiger partial charge in [0, 0.05) is 0 Å². The largest absolute Gasteiger partial charge is 0.503 e. The fraction of sp³-hybridized carbons (Fsp3) is 0.0909. The predicted molar refractivity (Wildman–Crippen MR) is 79.4 cm³/mol. The summed E-state index contributed by atoms with van der Waals surface area (Å²) in [6, 6.07) is 3.22. The smallest absolute Gasteiger partial charge is 0.199 e. The van der Waals surface area contributed by atoms with Gasteiger partial charge in [0.15, 0.2) is 28.8 Å². The Balaban J connectivity index is 2.22. The Bertz CT molecular complexity index is 712. The number of methoxy groups -OCH3 is 1. The first-order valence-electron chi connectivity index (χ1n) is 5.54. The van der Waals surface area contributed by atoms with Gasteiger partial charge in [-0.15, -0.1) is 5.10 Å². The molecular formula is C11H11BrN6O3. The third-order valence-electron chi connectivity index (χ3n) is 2.40. The van der Waals surface area contributed by atoms with Gasteiger partial charge in [0.1, 0.15) is 0 Å². The number of rotatable bonds is 4. The van der Waals surface area contributed by atoms with Crippen LogP contribution >= 0.6 is 15.9 Å². The number of benzene rings is 1. The van der Waals surface area contributed by atoms with E-state index in [1.165, 1.54) is 13.3 Å². The van der Waals surface area contributed by atoms with Crippen molar-refractivity contribution in [2.45, 2.75) is 0 Å². The van der Waals surface area contributed by atoms with Crippen LogP contribution in [-0.4, -0.2) is 34.6 Å². The van der Waals surface area contributed by atoms with E-state index in [2.05, 4.69) is 41.1 Å². The summed E-state index contributed by atoms with van der Waals surface area (Å²) in [4.78, 5) is 0. The first kappa shape index (κ1) is 14.8. The molecule has 0 saturated heterocycles. The van der Waals surface area contributed by atoms with E-state index in [9.17, 15) is 5.11 Å². The molecular weight excluding hydrogens is 344 g/mol. The summed E-state index contributed by atoms with van der Waals surface area (Å²) in [6.07, 6.45) is 1.42. The average molecular weight is 355 g/mol. The van der Waals surface area contributed by atoms with Crippen molar-refractivity contribution in [3.63, 3.8) is 0 Å². The van der Waals surface area contributed by atoms with Crippen LogP contribution in [0.3, 0.4) is 0 Å². The summed E-state index contributed by atoms with van der Waals surface area (Å²) in [7, 11) is 1.44. The molecule has 10 heteroatoms. The maximum Gasteiger partial charge on any atom is 0.199 e. The normalized spacial score (nSPS) is 12.0. The molecule has 0 unspecified atom stereocenters. The van der Waals surface area contributed by atoms with Crippen LogP contribution < -0.4 is 16.2 Å². The Morgan fingerprint density at radius 2 is 2.24 bits per heavy atom. The average Bonchev–Trinajstić information content (AvgIpc) is 2.88. The van der Waals surface area contributed by atoms with Crippen molar-refractivity contribution in [2.75, 3.05) is 12.8 Å². The standard InChI is InChI=1S/C11H11BrN6O3/c1-20-7-3-5(2-6(12)9(7)19)4-15-16-10(13)8-11(14)18-21-17-8/h2-4,19H,1H3,(H2,13,16)(H2,14,18)/b15-4-. The summed E-state index contributed by atoms with van der Waals surface area (Å²) in [5.41, 5.74) is 11.9. The minimum absolute atomic E-state index is 0.000824. The Morgan fingerprint density at radius 1 is 1.48 bits per heavy atom. The van der Waals surface area contributed by atoms with Gasteiger partial charge in [-0.25, -0.2) is 4.63 Å². The van der Waals surface area contributed by atoms with E-state index in [4.69, 9.17) is 16.2 Å². The van der Waals surface area contributed by atoms with Gasteiger partial charge in [0.25, 0.3) is 0 Å². The van der Waals surface area contributed by atoms with Crippen molar-refractivity contribution in [3.8, 4) is 11.5 Å². The molecule has 0 atom stereocenters. The van der Waals surface area contributed by atoms with Gasteiger partial charge in [-0.2, -0.15) is 5.10 Å². The molecule has 1 aromatic heterocycles. The molecule has 0 radical (unpaired) electrons. The number of nitrogens with zero attached hydrogens (tertiary/aromatic N) is 4. The number of ether oxygens (including phenoxy) is 1. The number of amidine groups is 1. The minimum atomic E-state index is -0.0326. The second kappa shape index (κ2) is 6.22. The fourth-order valence-electron chi connectivity index (χ4n) is 1.40. The molecule has 0 aliphatic heterocycles. The third kappa shape index (κ3) is 3.28. The van der Waals surface area contributed by atoms with Gasteiger partial charge in [0.05, 0.1) is 17.8 Å². The van der Waals surface area contributed by atoms with Gasteiger partial charge in [-0.05, 0) is 43.9 Å². The molecule has 1 heterocycles. The minimum Gasteiger partial charge on any atom is -0.503 e. The molecule has 9 nitrogen and oxygen atoms in total. The molecule has 110 valence electrons. The Labute approximate surface area is 127 Å². The van der Waals surface area contributed by atoms with Crippen LogP contribution in [0.5, 0.6) is 11.5 Å². The maximum atomic E-state index is 9.69. The lowest BCUT2D eigenvalue weighted by Gasteiger charge is -2.05. The number of aromatic nitrogens is 2. The van der Waals surface area contributed by atoms with E-state index >= 15 is 0 Å². The Morgan fingerprint density at radius 3 is 2.86 bits per heavy atom. The number of aromatic hydroxyl groups is 1.